The van der Waals surface area contributed by atoms with E-state index in [0.29, 0.717) is 12.0 Å². The number of rotatable bonds is 5. The van der Waals surface area contributed by atoms with Crippen molar-refractivity contribution in [2.45, 2.75) is 37.8 Å². The highest BCUT2D eigenvalue weighted by atomic mass is 16.3. The normalized spacial score (nSPS) is 22.6. The summed E-state index contributed by atoms with van der Waals surface area (Å²) in [5.41, 5.74) is 3.95. The number of aliphatic hydroxyl groups is 1. The fourth-order valence-electron chi connectivity index (χ4n) is 3.17. The fraction of sp³-hybridized carbons (Fsp3) is 0.368. The number of aliphatic hydroxyl groups excluding tert-OH is 1. The van der Waals surface area contributed by atoms with Crippen LogP contribution in [0.2, 0.25) is 0 Å². The van der Waals surface area contributed by atoms with Gasteiger partial charge in [0.2, 0.25) is 0 Å². The molecule has 0 heterocycles. The number of aryl methyl sites for hydroxylation is 1. The second-order valence-corrected chi connectivity index (χ2v) is 6.09. The predicted molar refractivity (Wildman–Crippen MR) is 86.3 cm³/mol. The Hall–Kier alpha value is -1.64. The van der Waals surface area contributed by atoms with Crippen LogP contribution in [-0.2, 0) is 0 Å². The van der Waals surface area contributed by atoms with Crippen LogP contribution in [0.5, 0.6) is 0 Å². The minimum absolute atomic E-state index is 0.0506. The molecular weight excluding hydrogens is 258 g/mol. The molecule has 0 unspecified atom stereocenters. The van der Waals surface area contributed by atoms with Crippen molar-refractivity contribution >= 4 is 0 Å². The summed E-state index contributed by atoms with van der Waals surface area (Å²) in [5.74, 6) is 0.664. The van der Waals surface area contributed by atoms with Crippen LogP contribution in [0.3, 0.4) is 0 Å². The van der Waals surface area contributed by atoms with E-state index in [9.17, 15) is 5.11 Å². The summed E-state index contributed by atoms with van der Waals surface area (Å²) < 4.78 is 0. The number of hydrogen-bond donors (Lipinski definition) is 2. The van der Waals surface area contributed by atoms with Crippen molar-refractivity contribution in [1.82, 2.24) is 5.32 Å². The molecule has 1 atom stereocenters. The second-order valence-electron chi connectivity index (χ2n) is 6.09. The van der Waals surface area contributed by atoms with Crippen molar-refractivity contribution in [2.75, 3.05) is 6.61 Å². The lowest BCUT2D eigenvalue weighted by Crippen LogP contribution is -2.43. The molecule has 110 valence electrons. The molecule has 1 aliphatic carbocycles. The first-order chi connectivity index (χ1) is 10.3. The van der Waals surface area contributed by atoms with Crippen molar-refractivity contribution in [3.63, 3.8) is 0 Å². The second kappa shape index (κ2) is 6.42. The maximum Gasteiger partial charge on any atom is 0.0626 e. The Morgan fingerprint density at radius 3 is 2.52 bits per heavy atom. The highest BCUT2D eigenvalue weighted by Crippen LogP contribution is 2.38. The molecule has 0 radical (unpaired) electrons. The van der Waals surface area contributed by atoms with E-state index in [-0.39, 0.29) is 12.6 Å². The fourth-order valence-corrected chi connectivity index (χ4v) is 3.17. The summed E-state index contributed by atoms with van der Waals surface area (Å²) in [5, 5.41) is 13.2. The van der Waals surface area contributed by atoms with Crippen molar-refractivity contribution < 1.29 is 5.11 Å². The van der Waals surface area contributed by atoms with Gasteiger partial charge in [-0.2, -0.15) is 0 Å². The number of benzene rings is 2. The summed E-state index contributed by atoms with van der Waals surface area (Å²) in [4.78, 5) is 0. The van der Waals surface area contributed by atoms with Gasteiger partial charge in [0.05, 0.1) is 12.6 Å². The van der Waals surface area contributed by atoms with Crippen molar-refractivity contribution in [2.24, 2.45) is 0 Å². The molecule has 2 heteroatoms. The molecule has 1 saturated carbocycles. The molecule has 2 N–H and O–H groups in total. The summed E-state index contributed by atoms with van der Waals surface area (Å²) in [6.07, 6.45) is 2.32. The zero-order valence-corrected chi connectivity index (χ0v) is 12.5. The lowest BCUT2D eigenvalue weighted by Gasteiger charge is -2.38. The van der Waals surface area contributed by atoms with Crippen LogP contribution in [0, 0.1) is 6.92 Å². The van der Waals surface area contributed by atoms with Gasteiger partial charge in [-0.1, -0.05) is 60.2 Å². The molecule has 2 aromatic rings. The third-order valence-corrected chi connectivity index (χ3v) is 4.47. The highest BCUT2D eigenvalue weighted by molar-refractivity contribution is 5.28. The van der Waals surface area contributed by atoms with Crippen LogP contribution in [0.25, 0.3) is 0 Å². The average molecular weight is 281 g/mol. The summed E-state index contributed by atoms with van der Waals surface area (Å²) in [6, 6.07) is 19.6. The third kappa shape index (κ3) is 3.34. The van der Waals surface area contributed by atoms with Gasteiger partial charge in [-0.3, -0.25) is 0 Å². The molecule has 0 bridgehead atoms. The minimum atomic E-state index is 0.0506. The summed E-state index contributed by atoms with van der Waals surface area (Å²) in [6.45, 7) is 2.30. The molecular formula is C19H23NO. The smallest absolute Gasteiger partial charge is 0.0626 e. The van der Waals surface area contributed by atoms with Crippen molar-refractivity contribution in [3.05, 3.63) is 71.3 Å². The Labute approximate surface area is 126 Å². The topological polar surface area (TPSA) is 32.3 Å². The number of nitrogens with one attached hydrogen (secondary N) is 1. The Bertz CT molecular complexity index is 575. The maximum atomic E-state index is 9.60. The van der Waals surface area contributed by atoms with E-state index in [4.69, 9.17) is 0 Å². The first-order valence-electron chi connectivity index (χ1n) is 7.74. The third-order valence-electron chi connectivity index (χ3n) is 4.47. The zero-order valence-electron chi connectivity index (χ0n) is 12.5. The first kappa shape index (κ1) is 14.3. The zero-order chi connectivity index (χ0) is 14.7. The van der Waals surface area contributed by atoms with Gasteiger partial charge in [-0.25, -0.2) is 0 Å². The van der Waals surface area contributed by atoms with E-state index < -0.39 is 0 Å². The Morgan fingerprint density at radius 1 is 1.10 bits per heavy atom. The van der Waals surface area contributed by atoms with Gasteiger partial charge >= 0.3 is 0 Å². The maximum absolute atomic E-state index is 9.60. The van der Waals surface area contributed by atoms with E-state index in [1.54, 1.807) is 0 Å². The van der Waals surface area contributed by atoms with Crippen LogP contribution in [-0.4, -0.2) is 17.8 Å². The van der Waals surface area contributed by atoms with E-state index in [1.807, 2.05) is 18.2 Å². The van der Waals surface area contributed by atoms with Crippen LogP contribution >= 0.6 is 0 Å². The van der Waals surface area contributed by atoms with Crippen LogP contribution in [0.15, 0.2) is 54.6 Å². The standard InChI is InChI=1S/C19H23NO/c1-14-6-5-9-16(10-14)17-11-18(12-17)20-19(13-21)15-7-3-2-4-8-15/h2-10,17-21H,11-13H2,1H3/t17?,18?,19-/m0/s1. The molecule has 3 rings (SSSR count). The largest absolute Gasteiger partial charge is 0.394 e. The molecule has 2 aromatic carbocycles. The van der Waals surface area contributed by atoms with Gasteiger partial charge in [0.1, 0.15) is 0 Å². The summed E-state index contributed by atoms with van der Waals surface area (Å²) >= 11 is 0. The van der Waals surface area contributed by atoms with Gasteiger partial charge < -0.3 is 10.4 Å². The monoisotopic (exact) mass is 281 g/mol. The molecule has 21 heavy (non-hydrogen) atoms. The van der Waals surface area contributed by atoms with E-state index in [0.717, 1.165) is 12.8 Å². The lowest BCUT2D eigenvalue weighted by molar-refractivity contribution is 0.197. The molecule has 0 saturated heterocycles. The number of hydrogen-bond acceptors (Lipinski definition) is 2. The van der Waals surface area contributed by atoms with Gasteiger partial charge in [0.15, 0.2) is 0 Å². The van der Waals surface area contributed by atoms with Crippen molar-refractivity contribution in [1.29, 1.82) is 0 Å². The molecule has 0 aliphatic heterocycles. The van der Waals surface area contributed by atoms with E-state index in [2.05, 4.69) is 48.6 Å². The Balaban J connectivity index is 1.57. The Kier molecular flexibility index (Phi) is 4.37. The molecule has 1 aliphatic rings. The Morgan fingerprint density at radius 2 is 1.86 bits per heavy atom. The summed E-state index contributed by atoms with van der Waals surface area (Å²) in [7, 11) is 0. The van der Waals surface area contributed by atoms with Crippen molar-refractivity contribution in [3.8, 4) is 0 Å². The highest BCUT2D eigenvalue weighted by Gasteiger charge is 2.31. The van der Waals surface area contributed by atoms with Crippen LogP contribution < -0.4 is 5.32 Å². The van der Waals surface area contributed by atoms with Gasteiger partial charge in [0, 0.05) is 6.04 Å². The predicted octanol–water partition coefficient (Wildman–Crippen LogP) is 3.56. The van der Waals surface area contributed by atoms with Gasteiger partial charge in [0.25, 0.3) is 0 Å². The van der Waals surface area contributed by atoms with E-state index >= 15 is 0 Å². The first-order valence-corrected chi connectivity index (χ1v) is 7.74. The van der Waals surface area contributed by atoms with Crippen LogP contribution in [0.4, 0.5) is 0 Å². The molecule has 2 nitrogen and oxygen atoms in total. The molecule has 1 fully saturated rings. The van der Waals surface area contributed by atoms with E-state index in [1.165, 1.54) is 16.7 Å². The average Bonchev–Trinajstić information content (AvgIpc) is 2.47. The quantitative estimate of drug-likeness (QED) is 0.878. The van der Waals surface area contributed by atoms with Crippen LogP contribution in [0.1, 0.15) is 41.5 Å². The SMILES string of the molecule is Cc1cccc(C2CC(N[C@@H](CO)c3ccccc3)C2)c1. The molecule has 0 amide bonds. The van der Waals surface area contributed by atoms with Gasteiger partial charge in [-0.05, 0) is 36.8 Å². The van der Waals surface area contributed by atoms with Gasteiger partial charge in [-0.15, -0.1) is 0 Å². The molecule has 0 spiro atoms. The minimum Gasteiger partial charge on any atom is -0.394 e. The molecule has 0 aromatic heterocycles. The lowest BCUT2D eigenvalue weighted by atomic mass is 9.75.